The van der Waals surface area contributed by atoms with Gasteiger partial charge in [-0.3, -0.25) is 9.48 Å². The molecule has 0 spiro atoms. The summed E-state index contributed by atoms with van der Waals surface area (Å²) in [5, 5.41) is 7.16. The third kappa shape index (κ3) is 3.23. The van der Waals surface area contributed by atoms with Gasteiger partial charge in [-0.2, -0.15) is 5.10 Å². The first-order chi connectivity index (χ1) is 9.83. The zero-order chi connectivity index (χ0) is 13.8. The van der Waals surface area contributed by atoms with Crippen molar-refractivity contribution in [1.29, 1.82) is 0 Å². The summed E-state index contributed by atoms with van der Waals surface area (Å²) in [5.74, 6) is 0.661. The van der Waals surface area contributed by atoms with E-state index in [0.717, 1.165) is 0 Å². The van der Waals surface area contributed by atoms with Gasteiger partial charge in [0, 0.05) is 6.42 Å². The fourth-order valence-electron chi connectivity index (χ4n) is 2.37. The molecule has 1 atom stereocenters. The molecule has 1 aliphatic rings. The number of benzene rings is 1. The van der Waals surface area contributed by atoms with E-state index >= 15 is 0 Å². The number of nitrogens with one attached hydrogen (secondary N) is 1. The quantitative estimate of drug-likeness (QED) is 0.872. The van der Waals surface area contributed by atoms with Gasteiger partial charge in [0.1, 0.15) is 12.7 Å². The van der Waals surface area contributed by atoms with Crippen LogP contribution in [0.1, 0.15) is 30.9 Å². The predicted octanol–water partition coefficient (Wildman–Crippen LogP) is 1.94. The van der Waals surface area contributed by atoms with Crippen LogP contribution in [0.3, 0.4) is 0 Å². The van der Waals surface area contributed by atoms with Crippen molar-refractivity contribution >= 4 is 5.91 Å². The van der Waals surface area contributed by atoms with Crippen LogP contribution in [-0.2, 0) is 11.3 Å². The lowest BCUT2D eigenvalue weighted by atomic mass is 10.0. The smallest absolute Gasteiger partial charge is 0.222 e. The Morgan fingerprint density at radius 1 is 1.35 bits per heavy atom. The van der Waals surface area contributed by atoms with Crippen molar-refractivity contribution < 1.29 is 4.79 Å². The van der Waals surface area contributed by atoms with Crippen molar-refractivity contribution in [3.8, 4) is 0 Å². The summed E-state index contributed by atoms with van der Waals surface area (Å²) in [6.45, 7) is 0.567. The Morgan fingerprint density at radius 3 is 2.80 bits per heavy atom. The lowest BCUT2D eigenvalue weighted by Gasteiger charge is -2.18. The lowest BCUT2D eigenvalue weighted by molar-refractivity contribution is -0.122. The number of rotatable bonds is 6. The van der Waals surface area contributed by atoms with Crippen LogP contribution in [0.2, 0.25) is 0 Å². The number of aryl methyl sites for hydroxylation is 1. The largest absolute Gasteiger partial charge is 0.349 e. The summed E-state index contributed by atoms with van der Waals surface area (Å²) in [6.07, 6.45) is 5.93. The van der Waals surface area contributed by atoms with Gasteiger partial charge in [0.05, 0.1) is 12.6 Å². The summed E-state index contributed by atoms with van der Waals surface area (Å²) < 4.78 is 1.67. The Labute approximate surface area is 118 Å². The highest BCUT2D eigenvalue weighted by atomic mass is 16.1. The van der Waals surface area contributed by atoms with Crippen molar-refractivity contribution in [1.82, 2.24) is 20.1 Å². The van der Waals surface area contributed by atoms with E-state index in [0.29, 0.717) is 18.9 Å². The minimum Gasteiger partial charge on any atom is -0.349 e. The second kappa shape index (κ2) is 5.86. The van der Waals surface area contributed by atoms with Crippen molar-refractivity contribution in [3.63, 3.8) is 0 Å². The standard InChI is InChI=1S/C15H18N4O/c20-14(8-9-19-11-16-10-17-19)18-15(13-6-7-13)12-4-2-1-3-5-12/h1-5,10-11,13,15H,6-9H2,(H,18,20). The maximum atomic E-state index is 12.1. The maximum Gasteiger partial charge on any atom is 0.222 e. The highest BCUT2D eigenvalue weighted by Crippen LogP contribution is 2.40. The molecule has 2 aromatic rings. The number of hydrogen-bond acceptors (Lipinski definition) is 3. The average molecular weight is 270 g/mol. The van der Waals surface area contributed by atoms with Gasteiger partial charge in [0.25, 0.3) is 0 Å². The number of carbonyl (C=O) groups is 1. The molecule has 1 unspecified atom stereocenters. The molecule has 0 radical (unpaired) electrons. The molecule has 5 heteroatoms. The fourth-order valence-corrected chi connectivity index (χ4v) is 2.37. The van der Waals surface area contributed by atoms with E-state index in [4.69, 9.17) is 0 Å². The van der Waals surface area contributed by atoms with E-state index in [2.05, 4.69) is 27.5 Å². The highest BCUT2D eigenvalue weighted by Gasteiger charge is 2.33. The molecule has 0 saturated heterocycles. The minimum atomic E-state index is 0.0706. The summed E-state index contributed by atoms with van der Waals surface area (Å²) in [7, 11) is 0. The normalized spacial score (nSPS) is 15.8. The summed E-state index contributed by atoms with van der Waals surface area (Å²) in [5.41, 5.74) is 1.20. The molecular formula is C15H18N4O. The topological polar surface area (TPSA) is 59.8 Å². The van der Waals surface area contributed by atoms with E-state index in [1.165, 1.54) is 24.7 Å². The summed E-state index contributed by atoms with van der Waals surface area (Å²) >= 11 is 0. The molecule has 1 aromatic carbocycles. The van der Waals surface area contributed by atoms with E-state index in [-0.39, 0.29) is 11.9 Å². The molecule has 1 saturated carbocycles. The summed E-state index contributed by atoms with van der Waals surface area (Å²) in [6, 6.07) is 10.4. The number of amides is 1. The molecule has 5 nitrogen and oxygen atoms in total. The zero-order valence-electron chi connectivity index (χ0n) is 11.3. The third-order valence-electron chi connectivity index (χ3n) is 3.60. The van der Waals surface area contributed by atoms with E-state index in [1.54, 1.807) is 11.0 Å². The van der Waals surface area contributed by atoms with Gasteiger partial charge in [-0.1, -0.05) is 30.3 Å². The molecule has 1 heterocycles. The molecule has 1 N–H and O–H groups in total. The number of aromatic nitrogens is 3. The Morgan fingerprint density at radius 2 is 2.15 bits per heavy atom. The maximum absolute atomic E-state index is 12.1. The van der Waals surface area contributed by atoms with E-state index in [9.17, 15) is 4.79 Å². The first-order valence-electron chi connectivity index (χ1n) is 6.99. The fraction of sp³-hybridized carbons (Fsp3) is 0.400. The molecule has 1 fully saturated rings. The van der Waals surface area contributed by atoms with Crippen LogP contribution >= 0.6 is 0 Å². The van der Waals surface area contributed by atoms with Gasteiger partial charge in [-0.25, -0.2) is 4.98 Å². The van der Waals surface area contributed by atoms with Crippen LogP contribution in [0.4, 0.5) is 0 Å². The second-order valence-electron chi connectivity index (χ2n) is 5.20. The minimum absolute atomic E-state index is 0.0706. The molecule has 1 aliphatic carbocycles. The van der Waals surface area contributed by atoms with Gasteiger partial charge < -0.3 is 5.32 Å². The van der Waals surface area contributed by atoms with Gasteiger partial charge in [-0.15, -0.1) is 0 Å². The van der Waals surface area contributed by atoms with Crippen molar-refractivity contribution in [2.45, 2.75) is 31.8 Å². The Balaban J connectivity index is 1.58. The Hall–Kier alpha value is -2.17. The van der Waals surface area contributed by atoms with Gasteiger partial charge >= 0.3 is 0 Å². The van der Waals surface area contributed by atoms with Crippen LogP contribution in [0, 0.1) is 5.92 Å². The predicted molar refractivity (Wildman–Crippen MR) is 74.7 cm³/mol. The van der Waals surface area contributed by atoms with Crippen molar-refractivity contribution in [2.24, 2.45) is 5.92 Å². The highest BCUT2D eigenvalue weighted by molar-refractivity contribution is 5.76. The van der Waals surface area contributed by atoms with Gasteiger partial charge in [0.15, 0.2) is 0 Å². The molecular weight excluding hydrogens is 252 g/mol. The van der Waals surface area contributed by atoms with Gasteiger partial charge in [0.2, 0.25) is 5.91 Å². The Kier molecular flexibility index (Phi) is 3.76. The second-order valence-corrected chi connectivity index (χ2v) is 5.20. The van der Waals surface area contributed by atoms with Crippen LogP contribution in [0.5, 0.6) is 0 Å². The first-order valence-corrected chi connectivity index (χ1v) is 6.99. The van der Waals surface area contributed by atoms with Gasteiger partial charge in [-0.05, 0) is 24.3 Å². The van der Waals surface area contributed by atoms with Crippen LogP contribution in [0.15, 0.2) is 43.0 Å². The molecule has 1 amide bonds. The number of hydrogen-bond donors (Lipinski definition) is 1. The molecule has 3 rings (SSSR count). The summed E-state index contributed by atoms with van der Waals surface area (Å²) in [4.78, 5) is 15.9. The van der Waals surface area contributed by atoms with Crippen molar-refractivity contribution in [2.75, 3.05) is 0 Å². The van der Waals surface area contributed by atoms with Crippen molar-refractivity contribution in [3.05, 3.63) is 48.5 Å². The Bertz CT molecular complexity index is 549. The monoisotopic (exact) mass is 270 g/mol. The lowest BCUT2D eigenvalue weighted by Crippen LogP contribution is -2.30. The molecule has 1 aromatic heterocycles. The van der Waals surface area contributed by atoms with Crippen LogP contribution in [-0.4, -0.2) is 20.7 Å². The third-order valence-corrected chi connectivity index (χ3v) is 3.60. The van der Waals surface area contributed by atoms with E-state index in [1.807, 2.05) is 18.2 Å². The average Bonchev–Trinajstić information content (AvgIpc) is 3.19. The SMILES string of the molecule is O=C(CCn1cncn1)NC(c1ccccc1)C1CC1. The van der Waals surface area contributed by atoms with Crippen LogP contribution in [0.25, 0.3) is 0 Å². The number of nitrogens with zero attached hydrogens (tertiary/aromatic N) is 3. The molecule has 104 valence electrons. The first kappa shape index (κ1) is 12.8. The molecule has 20 heavy (non-hydrogen) atoms. The zero-order valence-corrected chi connectivity index (χ0v) is 11.3. The number of carbonyl (C=O) groups excluding carboxylic acids is 1. The van der Waals surface area contributed by atoms with Crippen LogP contribution < -0.4 is 5.32 Å². The molecule has 0 bridgehead atoms. The van der Waals surface area contributed by atoms with E-state index < -0.39 is 0 Å². The molecule has 0 aliphatic heterocycles.